The average Bonchev–Trinajstić information content (AvgIpc) is 2.88. The van der Waals surface area contributed by atoms with Crippen LogP contribution in [0.4, 0.5) is 20.6 Å². The molecule has 1 aromatic carbocycles. The van der Waals surface area contributed by atoms with E-state index in [0.29, 0.717) is 17.9 Å². The maximum atomic E-state index is 13.1. The molecule has 0 aliphatic heterocycles. The second kappa shape index (κ2) is 6.49. The number of halogens is 1. The largest absolute Gasteiger partial charge is 0.394 e. The van der Waals surface area contributed by atoms with Crippen molar-refractivity contribution < 1.29 is 14.3 Å². The highest BCUT2D eigenvalue weighted by molar-refractivity contribution is 5.99. The molecule has 0 saturated carbocycles. The van der Waals surface area contributed by atoms with E-state index in [9.17, 15) is 9.18 Å². The Hall–Kier alpha value is -2.92. The fourth-order valence-electron chi connectivity index (χ4n) is 1.64. The molecule has 0 atom stereocenters. The highest BCUT2D eigenvalue weighted by Crippen LogP contribution is 2.14. The molecule has 21 heavy (non-hydrogen) atoms. The van der Waals surface area contributed by atoms with Crippen LogP contribution in [0.15, 0.2) is 30.6 Å². The lowest BCUT2D eigenvalue weighted by molar-refractivity contribution is 0.262. The van der Waals surface area contributed by atoms with Gasteiger partial charge in [-0.05, 0) is 18.2 Å². The summed E-state index contributed by atoms with van der Waals surface area (Å²) in [7, 11) is 0. The number of carbonyl (C=O) groups excluding carboxylic acids is 1. The first kappa shape index (κ1) is 14.5. The van der Waals surface area contributed by atoms with E-state index in [1.54, 1.807) is 12.3 Å². The molecule has 7 nitrogen and oxygen atoms in total. The fourth-order valence-corrected chi connectivity index (χ4v) is 1.64. The number of benzene rings is 1. The minimum atomic E-state index is -0.645. The summed E-state index contributed by atoms with van der Waals surface area (Å²) in [6, 6.07) is 4.84. The highest BCUT2D eigenvalue weighted by Gasteiger charge is 2.07. The predicted octanol–water partition coefficient (Wildman–Crippen LogP) is 1.53. The van der Waals surface area contributed by atoms with Crippen molar-refractivity contribution in [3.63, 3.8) is 0 Å². The molecule has 2 aromatic rings. The van der Waals surface area contributed by atoms with Crippen molar-refractivity contribution in [2.24, 2.45) is 0 Å². The first-order chi connectivity index (χ1) is 10.1. The van der Waals surface area contributed by atoms with Gasteiger partial charge in [0.2, 0.25) is 0 Å². The monoisotopic (exact) mass is 289 g/mol. The maximum Gasteiger partial charge on any atom is 0.323 e. The van der Waals surface area contributed by atoms with Gasteiger partial charge in [0.25, 0.3) is 0 Å². The van der Waals surface area contributed by atoms with Crippen LogP contribution < -0.4 is 10.6 Å². The van der Waals surface area contributed by atoms with Gasteiger partial charge in [0, 0.05) is 11.9 Å². The zero-order chi connectivity index (χ0) is 15.2. The molecule has 0 radical (unpaired) electrons. The van der Waals surface area contributed by atoms with Gasteiger partial charge in [-0.25, -0.2) is 9.18 Å². The van der Waals surface area contributed by atoms with E-state index in [4.69, 9.17) is 10.4 Å². The van der Waals surface area contributed by atoms with Crippen LogP contribution in [0, 0.1) is 17.1 Å². The summed E-state index contributed by atoms with van der Waals surface area (Å²) in [5, 5.41) is 26.4. The van der Waals surface area contributed by atoms with Gasteiger partial charge in [0.05, 0.1) is 30.6 Å². The number of nitriles is 1. The molecule has 0 fully saturated rings. The molecule has 0 aliphatic carbocycles. The Labute approximate surface area is 119 Å². The van der Waals surface area contributed by atoms with E-state index in [2.05, 4.69) is 15.7 Å². The first-order valence-electron chi connectivity index (χ1n) is 6.03. The molecule has 0 aliphatic rings. The lowest BCUT2D eigenvalue weighted by atomic mass is 10.2. The average molecular weight is 289 g/mol. The van der Waals surface area contributed by atoms with Crippen LogP contribution in [0.1, 0.15) is 5.56 Å². The maximum absolute atomic E-state index is 13.1. The van der Waals surface area contributed by atoms with Crippen molar-refractivity contribution in [1.29, 1.82) is 5.26 Å². The number of carbonyl (C=O) groups is 1. The molecule has 8 heteroatoms. The minimum Gasteiger partial charge on any atom is -0.394 e. The topological polar surface area (TPSA) is 103 Å². The summed E-state index contributed by atoms with van der Waals surface area (Å²) < 4.78 is 14.6. The van der Waals surface area contributed by atoms with Crippen LogP contribution in [0.5, 0.6) is 0 Å². The van der Waals surface area contributed by atoms with Crippen LogP contribution in [0.25, 0.3) is 0 Å². The summed E-state index contributed by atoms with van der Waals surface area (Å²) in [5.74, 6) is -0.645. The van der Waals surface area contributed by atoms with Crippen molar-refractivity contribution in [3.8, 4) is 6.07 Å². The predicted molar refractivity (Wildman–Crippen MR) is 73.1 cm³/mol. The third-order valence-corrected chi connectivity index (χ3v) is 2.56. The number of hydrogen-bond donors (Lipinski definition) is 3. The molecule has 2 amide bonds. The number of urea groups is 1. The van der Waals surface area contributed by atoms with Gasteiger partial charge in [0.15, 0.2) is 0 Å². The lowest BCUT2D eigenvalue weighted by Gasteiger charge is -2.06. The molecule has 0 unspecified atom stereocenters. The Balaban J connectivity index is 1.99. The Morgan fingerprint density at radius 3 is 2.90 bits per heavy atom. The van der Waals surface area contributed by atoms with Gasteiger partial charge >= 0.3 is 6.03 Å². The SMILES string of the molecule is N#Cc1cc(NC(=O)Nc2cnn(CCO)c2)ccc1F. The fraction of sp³-hybridized carbons (Fsp3) is 0.154. The Morgan fingerprint density at radius 1 is 1.43 bits per heavy atom. The van der Waals surface area contributed by atoms with Crippen molar-refractivity contribution in [2.75, 3.05) is 17.2 Å². The molecule has 108 valence electrons. The van der Waals surface area contributed by atoms with Gasteiger partial charge in [-0.2, -0.15) is 10.4 Å². The zero-order valence-electron chi connectivity index (χ0n) is 10.9. The van der Waals surface area contributed by atoms with Crippen LogP contribution in [0.3, 0.4) is 0 Å². The summed E-state index contributed by atoms with van der Waals surface area (Å²) in [6.07, 6.45) is 2.99. The second-order valence-electron chi connectivity index (χ2n) is 4.10. The summed E-state index contributed by atoms with van der Waals surface area (Å²) in [6.45, 7) is 0.270. The quantitative estimate of drug-likeness (QED) is 0.794. The molecular weight excluding hydrogens is 277 g/mol. The first-order valence-corrected chi connectivity index (χ1v) is 6.03. The number of hydrogen-bond acceptors (Lipinski definition) is 4. The number of aliphatic hydroxyl groups excluding tert-OH is 1. The number of amides is 2. The molecule has 1 heterocycles. The molecule has 0 spiro atoms. The number of aromatic nitrogens is 2. The molecule has 3 N–H and O–H groups in total. The summed E-state index contributed by atoms with van der Waals surface area (Å²) in [4.78, 5) is 11.7. The molecule has 0 saturated heterocycles. The van der Waals surface area contributed by atoms with Crippen molar-refractivity contribution in [3.05, 3.63) is 42.0 Å². The number of aliphatic hydroxyl groups is 1. The molecule has 0 bridgehead atoms. The van der Waals surface area contributed by atoms with E-state index in [1.165, 1.54) is 23.0 Å². The number of rotatable bonds is 4. The van der Waals surface area contributed by atoms with E-state index in [-0.39, 0.29) is 12.2 Å². The Morgan fingerprint density at radius 2 is 2.19 bits per heavy atom. The molecular formula is C13H12FN5O2. The van der Waals surface area contributed by atoms with E-state index in [1.807, 2.05) is 0 Å². The minimum absolute atomic E-state index is 0.0557. The normalized spacial score (nSPS) is 9.95. The van der Waals surface area contributed by atoms with Crippen molar-refractivity contribution in [1.82, 2.24) is 9.78 Å². The van der Waals surface area contributed by atoms with E-state index < -0.39 is 11.8 Å². The van der Waals surface area contributed by atoms with Gasteiger partial charge in [0.1, 0.15) is 11.9 Å². The van der Waals surface area contributed by atoms with Crippen molar-refractivity contribution >= 4 is 17.4 Å². The number of nitrogens with zero attached hydrogens (tertiary/aromatic N) is 3. The van der Waals surface area contributed by atoms with Crippen LogP contribution in [-0.2, 0) is 6.54 Å². The van der Waals surface area contributed by atoms with Gasteiger partial charge in [-0.3, -0.25) is 4.68 Å². The second-order valence-corrected chi connectivity index (χ2v) is 4.10. The zero-order valence-corrected chi connectivity index (χ0v) is 10.9. The Kier molecular flexibility index (Phi) is 4.48. The number of nitrogens with one attached hydrogen (secondary N) is 2. The van der Waals surface area contributed by atoms with E-state index in [0.717, 1.165) is 6.07 Å². The van der Waals surface area contributed by atoms with Gasteiger partial charge in [-0.1, -0.05) is 0 Å². The standard InChI is InChI=1S/C13H12FN5O2/c14-12-2-1-10(5-9(12)6-15)17-13(21)18-11-7-16-19(8-11)3-4-20/h1-2,5,7-8,20H,3-4H2,(H2,17,18,21). The van der Waals surface area contributed by atoms with Crippen molar-refractivity contribution in [2.45, 2.75) is 6.54 Å². The smallest absolute Gasteiger partial charge is 0.323 e. The van der Waals surface area contributed by atoms with Crippen LogP contribution in [-0.4, -0.2) is 27.5 Å². The third kappa shape index (κ3) is 3.77. The van der Waals surface area contributed by atoms with Gasteiger partial charge < -0.3 is 15.7 Å². The van der Waals surface area contributed by atoms with E-state index >= 15 is 0 Å². The highest BCUT2D eigenvalue weighted by atomic mass is 19.1. The van der Waals surface area contributed by atoms with Crippen LogP contribution >= 0.6 is 0 Å². The van der Waals surface area contributed by atoms with Crippen LogP contribution in [0.2, 0.25) is 0 Å². The lowest BCUT2D eigenvalue weighted by Crippen LogP contribution is -2.19. The number of anilines is 2. The Bertz CT molecular complexity index is 692. The third-order valence-electron chi connectivity index (χ3n) is 2.56. The summed E-state index contributed by atoms with van der Waals surface area (Å²) >= 11 is 0. The van der Waals surface area contributed by atoms with Gasteiger partial charge in [-0.15, -0.1) is 0 Å². The molecule has 2 rings (SSSR count). The molecule has 1 aromatic heterocycles. The summed E-state index contributed by atoms with van der Waals surface area (Å²) in [5.41, 5.74) is 0.598.